The van der Waals surface area contributed by atoms with Gasteiger partial charge in [-0.1, -0.05) is 0 Å². The molecule has 2 aromatic rings. The van der Waals surface area contributed by atoms with Crippen LogP contribution in [-0.4, -0.2) is 73.7 Å². The highest BCUT2D eigenvalue weighted by atomic mass is 32.2. The van der Waals surface area contributed by atoms with Gasteiger partial charge in [0.05, 0.1) is 19.1 Å². The van der Waals surface area contributed by atoms with Crippen molar-refractivity contribution in [3.05, 3.63) is 36.7 Å². The summed E-state index contributed by atoms with van der Waals surface area (Å²) in [6, 6.07) is 5.85. The molecular formula is C18H24N4O5S. The minimum absolute atomic E-state index is 0.0770. The van der Waals surface area contributed by atoms with Gasteiger partial charge in [0.1, 0.15) is 6.04 Å². The summed E-state index contributed by atoms with van der Waals surface area (Å²) >= 11 is 0. The van der Waals surface area contributed by atoms with Crippen LogP contribution in [0.2, 0.25) is 0 Å². The molecule has 0 spiro atoms. The van der Waals surface area contributed by atoms with E-state index in [4.69, 9.17) is 9.47 Å². The first-order valence-corrected chi connectivity index (χ1v) is 10.3. The largest absolute Gasteiger partial charge is 0.493 e. The van der Waals surface area contributed by atoms with Gasteiger partial charge in [0.25, 0.3) is 0 Å². The van der Waals surface area contributed by atoms with E-state index in [0.717, 1.165) is 0 Å². The minimum Gasteiger partial charge on any atom is -0.493 e. The Balaban J connectivity index is 1.69. The Morgan fingerprint density at radius 2 is 1.79 bits per heavy atom. The molecule has 0 unspecified atom stereocenters. The van der Waals surface area contributed by atoms with E-state index in [2.05, 4.69) is 5.10 Å². The van der Waals surface area contributed by atoms with Gasteiger partial charge < -0.3 is 14.4 Å². The van der Waals surface area contributed by atoms with E-state index < -0.39 is 16.1 Å². The number of hydrogen-bond donors (Lipinski definition) is 0. The molecule has 1 aromatic carbocycles. The third-order valence-corrected chi connectivity index (χ3v) is 6.72. The standard InChI is InChI=1S/C18H24N4O5S/c1-14(22-8-4-7-19-22)18(23)20-9-11-21(12-10-20)28(24,25)15-5-6-16(26-2)17(13-15)27-3/h4-8,13-14H,9-12H2,1-3H3/t14-/m0/s1. The predicted octanol–water partition coefficient (Wildman–Crippen LogP) is 0.994. The molecule has 0 bridgehead atoms. The minimum atomic E-state index is -3.69. The van der Waals surface area contributed by atoms with Crippen LogP contribution in [0.4, 0.5) is 0 Å². The van der Waals surface area contributed by atoms with E-state index >= 15 is 0 Å². The third-order valence-electron chi connectivity index (χ3n) is 4.82. The summed E-state index contributed by atoms with van der Waals surface area (Å²) in [4.78, 5) is 14.5. The maximum atomic E-state index is 13.0. The van der Waals surface area contributed by atoms with Crippen molar-refractivity contribution in [2.24, 2.45) is 0 Å². The Bertz CT molecular complexity index is 921. The second-order valence-corrected chi connectivity index (χ2v) is 8.35. The topological polar surface area (TPSA) is 94.0 Å². The lowest BCUT2D eigenvalue weighted by Gasteiger charge is -2.35. The van der Waals surface area contributed by atoms with Crippen LogP contribution in [0.25, 0.3) is 0 Å². The van der Waals surface area contributed by atoms with Crippen molar-refractivity contribution in [1.82, 2.24) is 19.0 Å². The summed E-state index contributed by atoms with van der Waals surface area (Å²) in [5, 5.41) is 4.10. The highest BCUT2D eigenvalue weighted by molar-refractivity contribution is 7.89. The molecule has 1 aromatic heterocycles. The SMILES string of the molecule is COc1ccc(S(=O)(=O)N2CCN(C(=O)[C@H](C)n3cccn3)CC2)cc1OC. The summed E-state index contributed by atoms with van der Waals surface area (Å²) in [7, 11) is -0.740. The predicted molar refractivity (Wildman–Crippen MR) is 102 cm³/mol. The zero-order valence-corrected chi connectivity index (χ0v) is 16.9. The van der Waals surface area contributed by atoms with Crippen LogP contribution in [0.1, 0.15) is 13.0 Å². The number of carbonyl (C=O) groups excluding carboxylic acids is 1. The fourth-order valence-electron chi connectivity index (χ4n) is 3.16. The number of piperazine rings is 1. The normalized spacial score (nSPS) is 16.6. The van der Waals surface area contributed by atoms with Crippen LogP contribution in [-0.2, 0) is 14.8 Å². The van der Waals surface area contributed by atoms with Gasteiger partial charge in [0.2, 0.25) is 15.9 Å². The quantitative estimate of drug-likeness (QED) is 0.708. The lowest BCUT2D eigenvalue weighted by atomic mass is 10.2. The van der Waals surface area contributed by atoms with Crippen molar-refractivity contribution in [3.63, 3.8) is 0 Å². The van der Waals surface area contributed by atoms with Crippen molar-refractivity contribution >= 4 is 15.9 Å². The number of rotatable bonds is 6. The highest BCUT2D eigenvalue weighted by Crippen LogP contribution is 2.31. The summed E-state index contributed by atoms with van der Waals surface area (Å²) in [5.41, 5.74) is 0. The third kappa shape index (κ3) is 3.83. The average molecular weight is 408 g/mol. The zero-order valence-electron chi connectivity index (χ0n) is 16.1. The summed E-state index contributed by atoms with van der Waals surface area (Å²) in [6.07, 6.45) is 3.36. The Labute approximate surface area is 164 Å². The number of sulfonamides is 1. The summed E-state index contributed by atoms with van der Waals surface area (Å²) < 4.78 is 39.3. The molecule has 152 valence electrons. The van der Waals surface area contributed by atoms with Gasteiger partial charge in [0.15, 0.2) is 11.5 Å². The molecule has 1 aliphatic rings. The molecule has 0 N–H and O–H groups in total. The van der Waals surface area contributed by atoms with Crippen molar-refractivity contribution < 1.29 is 22.7 Å². The molecule has 3 rings (SSSR count). The fraction of sp³-hybridized carbons (Fsp3) is 0.444. The summed E-state index contributed by atoms with van der Waals surface area (Å²) in [6.45, 7) is 2.90. The van der Waals surface area contributed by atoms with Crippen LogP contribution in [0.3, 0.4) is 0 Å². The van der Waals surface area contributed by atoms with E-state index in [-0.39, 0.29) is 23.9 Å². The number of nitrogens with zero attached hydrogens (tertiary/aromatic N) is 4. The number of amides is 1. The van der Waals surface area contributed by atoms with E-state index in [0.29, 0.717) is 24.6 Å². The summed E-state index contributed by atoms with van der Waals surface area (Å²) in [5.74, 6) is 0.738. The van der Waals surface area contributed by atoms with Crippen molar-refractivity contribution in [3.8, 4) is 11.5 Å². The molecule has 2 heterocycles. The maximum Gasteiger partial charge on any atom is 0.247 e. The molecule has 0 saturated carbocycles. The van der Waals surface area contributed by atoms with Gasteiger partial charge in [-0.2, -0.15) is 9.40 Å². The highest BCUT2D eigenvalue weighted by Gasteiger charge is 2.32. The average Bonchev–Trinajstić information content (AvgIpc) is 3.27. The van der Waals surface area contributed by atoms with Crippen LogP contribution >= 0.6 is 0 Å². The van der Waals surface area contributed by atoms with Crippen molar-refractivity contribution in [2.75, 3.05) is 40.4 Å². The number of hydrogen-bond acceptors (Lipinski definition) is 6. The molecule has 1 fully saturated rings. The number of methoxy groups -OCH3 is 2. The van der Waals surface area contributed by atoms with Gasteiger partial charge in [0, 0.05) is 44.6 Å². The van der Waals surface area contributed by atoms with Crippen molar-refractivity contribution in [1.29, 1.82) is 0 Å². The number of carbonyl (C=O) groups is 1. The van der Waals surface area contributed by atoms with Crippen molar-refractivity contribution in [2.45, 2.75) is 17.9 Å². The molecule has 1 aliphatic heterocycles. The first-order chi connectivity index (χ1) is 13.4. The smallest absolute Gasteiger partial charge is 0.247 e. The van der Waals surface area contributed by atoms with Gasteiger partial charge in [-0.15, -0.1) is 0 Å². The molecule has 1 saturated heterocycles. The Morgan fingerprint density at radius 1 is 1.11 bits per heavy atom. The Morgan fingerprint density at radius 3 is 2.36 bits per heavy atom. The zero-order chi connectivity index (χ0) is 20.3. The van der Waals surface area contributed by atoms with E-state index in [9.17, 15) is 13.2 Å². The lowest BCUT2D eigenvalue weighted by molar-refractivity contribution is -0.135. The molecule has 10 heteroatoms. The first-order valence-electron chi connectivity index (χ1n) is 8.88. The van der Waals surface area contributed by atoms with E-state index in [1.807, 2.05) is 0 Å². The monoisotopic (exact) mass is 408 g/mol. The van der Waals surface area contributed by atoms with Gasteiger partial charge >= 0.3 is 0 Å². The van der Waals surface area contributed by atoms with Crippen LogP contribution < -0.4 is 9.47 Å². The Hall–Kier alpha value is -2.59. The van der Waals surface area contributed by atoms with Crippen LogP contribution in [0, 0.1) is 0 Å². The van der Waals surface area contributed by atoms with E-state index in [1.54, 1.807) is 41.0 Å². The van der Waals surface area contributed by atoms with Crippen LogP contribution in [0.15, 0.2) is 41.6 Å². The van der Waals surface area contributed by atoms with Gasteiger partial charge in [-0.25, -0.2) is 8.42 Å². The number of aromatic nitrogens is 2. The van der Waals surface area contributed by atoms with Gasteiger partial charge in [-0.05, 0) is 25.1 Å². The molecule has 0 radical (unpaired) electrons. The Kier molecular flexibility index (Phi) is 5.90. The lowest BCUT2D eigenvalue weighted by Crippen LogP contribution is -2.51. The molecule has 9 nitrogen and oxygen atoms in total. The second-order valence-electron chi connectivity index (χ2n) is 6.41. The molecular weight excluding hydrogens is 384 g/mol. The second kappa shape index (κ2) is 8.19. The fourth-order valence-corrected chi connectivity index (χ4v) is 4.60. The molecule has 28 heavy (non-hydrogen) atoms. The number of ether oxygens (including phenoxy) is 2. The molecule has 0 aliphatic carbocycles. The maximum absolute atomic E-state index is 13.0. The first kappa shape index (κ1) is 20.2. The van der Waals surface area contributed by atoms with Gasteiger partial charge in [-0.3, -0.25) is 9.48 Å². The number of benzene rings is 1. The molecule has 1 amide bonds. The molecule has 1 atom stereocenters. The van der Waals surface area contributed by atoms with Crippen LogP contribution in [0.5, 0.6) is 11.5 Å². The van der Waals surface area contributed by atoms with E-state index in [1.165, 1.54) is 30.7 Å².